The second-order valence-corrected chi connectivity index (χ2v) is 5.17. The van der Waals surface area contributed by atoms with Crippen molar-refractivity contribution in [3.05, 3.63) is 42.5 Å². The summed E-state index contributed by atoms with van der Waals surface area (Å²) in [5.41, 5.74) is 2.89. The van der Waals surface area contributed by atoms with E-state index in [2.05, 4.69) is 37.0 Å². The molecule has 22 heavy (non-hydrogen) atoms. The van der Waals surface area contributed by atoms with Gasteiger partial charge in [0, 0.05) is 13.6 Å². The minimum Gasteiger partial charge on any atom is -0.497 e. The first-order valence-electron chi connectivity index (χ1n) is 7.26. The highest BCUT2D eigenvalue weighted by Crippen LogP contribution is 2.19. The van der Waals surface area contributed by atoms with Crippen LogP contribution < -0.4 is 9.64 Å². The lowest BCUT2D eigenvalue weighted by Gasteiger charge is -2.18. The molecule has 0 fully saturated rings. The number of aromatic amines is 1. The molecule has 6 heteroatoms. The first kappa shape index (κ1) is 14.3. The van der Waals surface area contributed by atoms with Crippen LogP contribution in [0.15, 0.2) is 36.9 Å². The van der Waals surface area contributed by atoms with E-state index in [4.69, 9.17) is 4.74 Å². The Bertz CT molecular complexity index is 738. The maximum absolute atomic E-state index is 5.17. The second-order valence-electron chi connectivity index (χ2n) is 5.17. The number of nitrogens with zero attached hydrogens (tertiary/aromatic N) is 4. The summed E-state index contributed by atoms with van der Waals surface area (Å²) in [5, 5.41) is 0. The molecule has 0 unspecified atom stereocenters. The fourth-order valence-electron chi connectivity index (χ4n) is 2.46. The van der Waals surface area contributed by atoms with Gasteiger partial charge in [-0.05, 0) is 30.5 Å². The van der Waals surface area contributed by atoms with E-state index in [0.29, 0.717) is 5.65 Å². The zero-order valence-electron chi connectivity index (χ0n) is 12.8. The van der Waals surface area contributed by atoms with Gasteiger partial charge in [-0.1, -0.05) is 12.1 Å². The Hall–Kier alpha value is -2.63. The van der Waals surface area contributed by atoms with Gasteiger partial charge in [0.2, 0.25) is 0 Å². The summed E-state index contributed by atoms with van der Waals surface area (Å²) in [6.45, 7) is 0.914. The van der Waals surface area contributed by atoms with Gasteiger partial charge in [0.25, 0.3) is 0 Å². The molecule has 6 nitrogen and oxygen atoms in total. The van der Waals surface area contributed by atoms with Gasteiger partial charge in [-0.25, -0.2) is 15.0 Å². The van der Waals surface area contributed by atoms with Crippen LogP contribution in [-0.2, 0) is 6.42 Å². The molecule has 2 aromatic heterocycles. The lowest BCUT2D eigenvalue weighted by Crippen LogP contribution is -2.20. The fourth-order valence-corrected chi connectivity index (χ4v) is 2.46. The van der Waals surface area contributed by atoms with Crippen molar-refractivity contribution in [2.24, 2.45) is 0 Å². The minimum absolute atomic E-state index is 0.701. The van der Waals surface area contributed by atoms with Crippen LogP contribution in [0.4, 0.5) is 5.82 Å². The molecule has 0 aliphatic carbocycles. The van der Waals surface area contributed by atoms with Crippen LogP contribution in [0.1, 0.15) is 12.0 Å². The predicted octanol–water partition coefficient (Wildman–Crippen LogP) is 2.43. The quantitative estimate of drug-likeness (QED) is 0.757. The van der Waals surface area contributed by atoms with Crippen LogP contribution in [0.5, 0.6) is 5.75 Å². The second kappa shape index (κ2) is 6.43. The summed E-state index contributed by atoms with van der Waals surface area (Å²) < 4.78 is 5.17. The molecule has 114 valence electrons. The average Bonchev–Trinajstić information content (AvgIpc) is 3.04. The van der Waals surface area contributed by atoms with E-state index >= 15 is 0 Å². The van der Waals surface area contributed by atoms with Crippen molar-refractivity contribution in [3.63, 3.8) is 0 Å². The minimum atomic E-state index is 0.701. The van der Waals surface area contributed by atoms with E-state index in [9.17, 15) is 0 Å². The monoisotopic (exact) mass is 297 g/mol. The largest absolute Gasteiger partial charge is 0.497 e. The van der Waals surface area contributed by atoms with Crippen LogP contribution >= 0.6 is 0 Å². The Morgan fingerprint density at radius 2 is 1.95 bits per heavy atom. The van der Waals surface area contributed by atoms with Crippen molar-refractivity contribution >= 4 is 17.0 Å². The highest BCUT2D eigenvalue weighted by atomic mass is 16.5. The molecule has 1 aromatic carbocycles. The van der Waals surface area contributed by atoms with Crippen molar-refractivity contribution in [2.45, 2.75) is 12.8 Å². The van der Waals surface area contributed by atoms with Crippen LogP contribution in [0.25, 0.3) is 11.2 Å². The predicted molar refractivity (Wildman–Crippen MR) is 86.3 cm³/mol. The number of rotatable bonds is 6. The third-order valence-corrected chi connectivity index (χ3v) is 3.68. The Morgan fingerprint density at radius 3 is 2.73 bits per heavy atom. The zero-order chi connectivity index (χ0) is 15.4. The standard InChI is InChI=1S/C16H19N5O/c1-21(16-14-15(18-10-17-14)19-11-20-16)9-3-4-12-5-7-13(22-2)8-6-12/h5-8,10-11H,3-4,9H2,1-2H3,(H,17,18,19,20). The van der Waals surface area contributed by atoms with E-state index in [0.717, 1.165) is 36.5 Å². The van der Waals surface area contributed by atoms with Crippen LogP contribution in [0.3, 0.4) is 0 Å². The summed E-state index contributed by atoms with van der Waals surface area (Å²) >= 11 is 0. The van der Waals surface area contributed by atoms with Crippen molar-refractivity contribution in [1.82, 2.24) is 19.9 Å². The molecular formula is C16H19N5O. The summed E-state index contributed by atoms with van der Waals surface area (Å²) in [6.07, 6.45) is 5.26. The molecule has 3 rings (SSSR count). The lowest BCUT2D eigenvalue weighted by atomic mass is 10.1. The van der Waals surface area contributed by atoms with E-state index < -0.39 is 0 Å². The molecule has 1 N–H and O–H groups in total. The van der Waals surface area contributed by atoms with Crippen molar-refractivity contribution < 1.29 is 4.74 Å². The topological polar surface area (TPSA) is 66.9 Å². The molecule has 0 saturated carbocycles. The van der Waals surface area contributed by atoms with E-state index in [1.165, 1.54) is 5.56 Å². The van der Waals surface area contributed by atoms with Gasteiger partial charge in [0.15, 0.2) is 11.5 Å². The summed E-state index contributed by atoms with van der Waals surface area (Å²) in [5.74, 6) is 1.78. The maximum atomic E-state index is 5.17. The van der Waals surface area contributed by atoms with Gasteiger partial charge in [0.05, 0.1) is 13.4 Å². The summed E-state index contributed by atoms with van der Waals surface area (Å²) in [7, 11) is 3.72. The van der Waals surface area contributed by atoms with Gasteiger partial charge in [-0.15, -0.1) is 0 Å². The van der Waals surface area contributed by atoms with Gasteiger partial charge in [-0.3, -0.25) is 0 Å². The first-order valence-corrected chi connectivity index (χ1v) is 7.26. The molecule has 0 atom stereocenters. The smallest absolute Gasteiger partial charge is 0.182 e. The van der Waals surface area contributed by atoms with Gasteiger partial charge in [0.1, 0.15) is 17.6 Å². The fraction of sp³-hybridized carbons (Fsp3) is 0.312. The number of anilines is 1. The average molecular weight is 297 g/mol. The van der Waals surface area contributed by atoms with Crippen molar-refractivity contribution in [3.8, 4) is 5.75 Å². The third-order valence-electron chi connectivity index (χ3n) is 3.68. The van der Waals surface area contributed by atoms with Crippen molar-refractivity contribution in [1.29, 1.82) is 0 Å². The number of fused-ring (bicyclic) bond motifs is 1. The highest BCUT2D eigenvalue weighted by molar-refractivity contribution is 5.82. The number of nitrogens with one attached hydrogen (secondary N) is 1. The molecule has 0 radical (unpaired) electrons. The molecular weight excluding hydrogens is 278 g/mol. The molecule has 0 aliphatic rings. The van der Waals surface area contributed by atoms with E-state index in [-0.39, 0.29) is 0 Å². The molecule has 0 amide bonds. The molecule has 2 heterocycles. The Balaban J connectivity index is 1.60. The molecule has 0 bridgehead atoms. The van der Waals surface area contributed by atoms with E-state index in [1.54, 1.807) is 19.8 Å². The number of hydrogen-bond acceptors (Lipinski definition) is 5. The van der Waals surface area contributed by atoms with Gasteiger partial charge >= 0.3 is 0 Å². The molecule has 3 aromatic rings. The maximum Gasteiger partial charge on any atom is 0.182 e. The van der Waals surface area contributed by atoms with Gasteiger partial charge in [-0.2, -0.15) is 0 Å². The number of hydrogen-bond donors (Lipinski definition) is 1. The summed E-state index contributed by atoms with van der Waals surface area (Å²) in [6, 6.07) is 8.21. The Kier molecular flexibility index (Phi) is 4.18. The van der Waals surface area contributed by atoms with Crippen LogP contribution in [0.2, 0.25) is 0 Å². The number of imidazole rings is 1. The zero-order valence-corrected chi connectivity index (χ0v) is 12.8. The van der Waals surface area contributed by atoms with Crippen LogP contribution in [0, 0.1) is 0 Å². The van der Waals surface area contributed by atoms with E-state index in [1.807, 2.05) is 19.2 Å². The SMILES string of the molecule is COc1ccc(CCCN(C)c2ncnc3nc[nH]c23)cc1. The number of H-pyrrole nitrogens is 1. The lowest BCUT2D eigenvalue weighted by molar-refractivity contribution is 0.414. The molecule has 0 spiro atoms. The number of aromatic nitrogens is 4. The van der Waals surface area contributed by atoms with Gasteiger partial charge < -0.3 is 14.6 Å². The Morgan fingerprint density at radius 1 is 1.14 bits per heavy atom. The summed E-state index contributed by atoms with van der Waals surface area (Å²) in [4.78, 5) is 17.9. The van der Waals surface area contributed by atoms with Crippen LogP contribution in [-0.4, -0.2) is 40.6 Å². The van der Waals surface area contributed by atoms with Crippen molar-refractivity contribution in [2.75, 3.05) is 25.6 Å². The number of methoxy groups -OCH3 is 1. The molecule has 0 aliphatic heterocycles. The highest BCUT2D eigenvalue weighted by Gasteiger charge is 2.10. The normalized spacial score (nSPS) is 10.8. The number of aryl methyl sites for hydroxylation is 1. The first-order chi connectivity index (χ1) is 10.8. The molecule has 0 saturated heterocycles. The number of benzene rings is 1. The Labute approximate surface area is 129 Å². The number of ether oxygens (including phenoxy) is 1. The third kappa shape index (κ3) is 3.00.